The van der Waals surface area contributed by atoms with Crippen LogP contribution in [0.15, 0.2) is 41.1 Å². The highest BCUT2D eigenvalue weighted by Gasteiger charge is 2.38. The van der Waals surface area contributed by atoms with Crippen LogP contribution in [0.3, 0.4) is 0 Å². The Morgan fingerprint density at radius 1 is 1.25 bits per heavy atom. The second kappa shape index (κ2) is 3.46. The second-order valence-electron chi connectivity index (χ2n) is 4.37. The minimum atomic E-state index is -0.495. The number of benzene rings is 1. The third-order valence-electron chi connectivity index (χ3n) is 3.36. The Morgan fingerprint density at radius 2 is 2.06 bits per heavy atom. The zero-order valence-corrected chi connectivity index (χ0v) is 9.02. The van der Waals surface area contributed by atoms with Crippen LogP contribution in [0.2, 0.25) is 0 Å². The minimum absolute atomic E-state index is 0.495. The van der Waals surface area contributed by atoms with Gasteiger partial charge in [0, 0.05) is 5.56 Å². The van der Waals surface area contributed by atoms with Gasteiger partial charge >= 0.3 is 0 Å². The average Bonchev–Trinajstić information content (AvgIpc) is 2.80. The number of rotatable bonds is 1. The molecule has 0 fully saturated rings. The van der Waals surface area contributed by atoms with Gasteiger partial charge in [-0.15, -0.1) is 0 Å². The first kappa shape index (κ1) is 9.60. The zero-order valence-electron chi connectivity index (χ0n) is 9.02. The van der Waals surface area contributed by atoms with E-state index in [0.717, 1.165) is 36.1 Å². The van der Waals surface area contributed by atoms with Crippen molar-refractivity contribution in [3.8, 4) is 0 Å². The Morgan fingerprint density at radius 3 is 2.88 bits per heavy atom. The smallest absolute Gasteiger partial charge is 0.164 e. The number of aromatic nitrogens is 1. The third-order valence-corrected chi connectivity index (χ3v) is 3.36. The molecular formula is C13H14N2O. The molecule has 0 spiro atoms. The summed E-state index contributed by atoms with van der Waals surface area (Å²) < 4.78 is 5.35. The number of aryl methyl sites for hydroxylation is 1. The molecule has 1 aliphatic carbocycles. The normalized spacial score (nSPS) is 24.1. The molecule has 16 heavy (non-hydrogen) atoms. The number of hydrogen-bond donors (Lipinski definition) is 1. The van der Waals surface area contributed by atoms with Gasteiger partial charge in [0.1, 0.15) is 5.54 Å². The van der Waals surface area contributed by atoms with Crippen molar-refractivity contribution in [3.05, 3.63) is 53.4 Å². The minimum Gasteiger partial charge on any atom is -0.359 e. The summed E-state index contributed by atoms with van der Waals surface area (Å²) in [4.78, 5) is 0. The summed E-state index contributed by atoms with van der Waals surface area (Å²) in [6.45, 7) is 0. The SMILES string of the molecule is NC1(c2ccccc2)CCCc2cnoc21. The molecule has 1 aromatic heterocycles. The predicted octanol–water partition coefficient (Wildman–Crippen LogP) is 2.21. The lowest BCUT2D eigenvalue weighted by atomic mass is 9.77. The van der Waals surface area contributed by atoms with Gasteiger partial charge in [0.15, 0.2) is 5.76 Å². The van der Waals surface area contributed by atoms with E-state index in [4.69, 9.17) is 10.3 Å². The van der Waals surface area contributed by atoms with Gasteiger partial charge in [-0.1, -0.05) is 35.5 Å². The molecule has 1 aromatic carbocycles. The van der Waals surface area contributed by atoms with Gasteiger partial charge in [-0.25, -0.2) is 0 Å². The van der Waals surface area contributed by atoms with E-state index in [1.165, 1.54) is 0 Å². The average molecular weight is 214 g/mol. The Kier molecular flexibility index (Phi) is 2.07. The Labute approximate surface area is 94.2 Å². The van der Waals surface area contributed by atoms with Gasteiger partial charge in [0.2, 0.25) is 0 Å². The maximum absolute atomic E-state index is 6.50. The van der Waals surface area contributed by atoms with E-state index < -0.39 is 5.54 Å². The van der Waals surface area contributed by atoms with Crippen LogP contribution in [0.5, 0.6) is 0 Å². The standard InChI is InChI=1S/C13H14N2O/c14-13(11-6-2-1-3-7-11)8-4-5-10-9-15-16-12(10)13/h1-3,6-7,9H,4-5,8,14H2. The first-order chi connectivity index (χ1) is 7.81. The Hall–Kier alpha value is -1.61. The van der Waals surface area contributed by atoms with Crippen LogP contribution >= 0.6 is 0 Å². The van der Waals surface area contributed by atoms with Gasteiger partial charge in [-0.05, 0) is 24.8 Å². The van der Waals surface area contributed by atoms with Crippen molar-refractivity contribution in [1.29, 1.82) is 0 Å². The molecule has 3 rings (SSSR count). The van der Waals surface area contributed by atoms with Gasteiger partial charge in [-0.2, -0.15) is 0 Å². The van der Waals surface area contributed by atoms with E-state index in [0.29, 0.717) is 0 Å². The molecule has 3 nitrogen and oxygen atoms in total. The van der Waals surface area contributed by atoms with E-state index in [2.05, 4.69) is 17.3 Å². The quantitative estimate of drug-likeness (QED) is 0.791. The van der Waals surface area contributed by atoms with E-state index in [1.807, 2.05) is 18.2 Å². The van der Waals surface area contributed by atoms with Crippen LogP contribution in [0, 0.1) is 0 Å². The van der Waals surface area contributed by atoms with Gasteiger partial charge < -0.3 is 10.3 Å². The maximum atomic E-state index is 6.50. The number of fused-ring (bicyclic) bond motifs is 1. The van der Waals surface area contributed by atoms with Crippen molar-refractivity contribution in [2.45, 2.75) is 24.8 Å². The summed E-state index contributed by atoms with van der Waals surface area (Å²) in [5.74, 6) is 0.838. The van der Waals surface area contributed by atoms with Gasteiger partial charge in [0.25, 0.3) is 0 Å². The fourth-order valence-electron chi connectivity index (χ4n) is 2.49. The summed E-state index contributed by atoms with van der Waals surface area (Å²) in [6.07, 6.45) is 4.81. The largest absolute Gasteiger partial charge is 0.359 e. The Balaban J connectivity index is 2.14. The van der Waals surface area contributed by atoms with Crippen LogP contribution < -0.4 is 5.73 Å². The highest BCUT2D eigenvalue weighted by molar-refractivity contribution is 5.37. The van der Waals surface area contributed by atoms with Crippen LogP contribution in [0.4, 0.5) is 0 Å². The van der Waals surface area contributed by atoms with Crippen LogP contribution in [-0.2, 0) is 12.0 Å². The second-order valence-corrected chi connectivity index (χ2v) is 4.37. The molecule has 0 bridgehead atoms. The highest BCUT2D eigenvalue weighted by atomic mass is 16.5. The molecule has 1 aliphatic rings. The lowest BCUT2D eigenvalue weighted by Gasteiger charge is -2.31. The van der Waals surface area contributed by atoms with Gasteiger partial charge in [0.05, 0.1) is 6.20 Å². The molecule has 0 amide bonds. The maximum Gasteiger partial charge on any atom is 0.164 e. The van der Waals surface area contributed by atoms with Crippen LogP contribution in [-0.4, -0.2) is 5.16 Å². The Bertz CT molecular complexity index is 492. The molecule has 1 atom stereocenters. The van der Waals surface area contributed by atoms with Crippen molar-refractivity contribution in [3.63, 3.8) is 0 Å². The molecule has 2 aromatic rings. The van der Waals surface area contributed by atoms with Crippen molar-refractivity contribution in [1.82, 2.24) is 5.16 Å². The summed E-state index contributed by atoms with van der Waals surface area (Å²) >= 11 is 0. The van der Waals surface area contributed by atoms with E-state index in [1.54, 1.807) is 6.20 Å². The molecule has 0 saturated heterocycles. The van der Waals surface area contributed by atoms with Crippen molar-refractivity contribution in [2.75, 3.05) is 0 Å². The molecule has 1 heterocycles. The van der Waals surface area contributed by atoms with E-state index >= 15 is 0 Å². The summed E-state index contributed by atoms with van der Waals surface area (Å²) in [6, 6.07) is 10.1. The molecule has 2 N–H and O–H groups in total. The first-order valence-electron chi connectivity index (χ1n) is 5.59. The van der Waals surface area contributed by atoms with E-state index in [9.17, 15) is 0 Å². The number of nitrogens with zero attached hydrogens (tertiary/aromatic N) is 1. The topological polar surface area (TPSA) is 52.0 Å². The molecule has 0 aliphatic heterocycles. The van der Waals surface area contributed by atoms with Crippen molar-refractivity contribution in [2.24, 2.45) is 5.73 Å². The number of hydrogen-bond acceptors (Lipinski definition) is 3. The molecule has 1 unspecified atom stereocenters. The molecule has 0 radical (unpaired) electrons. The summed E-state index contributed by atoms with van der Waals surface area (Å²) in [5, 5.41) is 3.87. The summed E-state index contributed by atoms with van der Waals surface area (Å²) in [7, 11) is 0. The summed E-state index contributed by atoms with van der Waals surface area (Å²) in [5.41, 5.74) is 8.26. The zero-order chi connectivity index (χ0) is 11.0. The monoisotopic (exact) mass is 214 g/mol. The van der Waals surface area contributed by atoms with Gasteiger partial charge in [-0.3, -0.25) is 0 Å². The first-order valence-corrected chi connectivity index (χ1v) is 5.59. The van der Waals surface area contributed by atoms with E-state index in [-0.39, 0.29) is 0 Å². The van der Waals surface area contributed by atoms with Crippen LogP contribution in [0.25, 0.3) is 0 Å². The third kappa shape index (κ3) is 1.28. The number of nitrogens with two attached hydrogens (primary N) is 1. The molecular weight excluding hydrogens is 200 g/mol. The van der Waals surface area contributed by atoms with Crippen LogP contribution in [0.1, 0.15) is 29.7 Å². The highest BCUT2D eigenvalue weighted by Crippen LogP contribution is 2.38. The lowest BCUT2D eigenvalue weighted by Crippen LogP contribution is -2.40. The fraction of sp³-hybridized carbons (Fsp3) is 0.308. The molecule has 82 valence electrons. The lowest BCUT2D eigenvalue weighted by molar-refractivity contribution is 0.293. The molecule has 3 heteroatoms. The fourth-order valence-corrected chi connectivity index (χ4v) is 2.49. The van der Waals surface area contributed by atoms with Crippen molar-refractivity contribution >= 4 is 0 Å². The molecule has 0 saturated carbocycles. The predicted molar refractivity (Wildman–Crippen MR) is 60.9 cm³/mol. The van der Waals surface area contributed by atoms with Crippen molar-refractivity contribution < 1.29 is 4.52 Å².